The van der Waals surface area contributed by atoms with E-state index in [1.54, 1.807) is 12.1 Å². The number of nitrogens with zero attached hydrogens (tertiary/aromatic N) is 2. The van der Waals surface area contributed by atoms with Crippen LogP contribution in [0.1, 0.15) is 5.56 Å². The van der Waals surface area contributed by atoms with E-state index in [0.717, 1.165) is 17.7 Å². The summed E-state index contributed by atoms with van der Waals surface area (Å²) in [5, 5.41) is 13.2. The van der Waals surface area contributed by atoms with Crippen molar-refractivity contribution in [3.8, 4) is 0 Å². The first kappa shape index (κ1) is 16.5. The lowest BCUT2D eigenvalue weighted by atomic mass is 10.1. The van der Waals surface area contributed by atoms with Crippen molar-refractivity contribution < 1.29 is 13.6 Å². The molecule has 0 radical (unpaired) electrons. The Morgan fingerprint density at radius 2 is 1.60 bits per heavy atom. The highest BCUT2D eigenvalue weighted by atomic mass is 19.2. The molecule has 2 N–H and O–H groups in total. The third-order valence-electron chi connectivity index (χ3n) is 3.33. The summed E-state index contributed by atoms with van der Waals surface area (Å²) in [5.41, 5.74) is 1.23. The van der Waals surface area contributed by atoms with Gasteiger partial charge >= 0.3 is 0 Å². The predicted molar refractivity (Wildman–Crippen MR) is 90.4 cm³/mol. The van der Waals surface area contributed by atoms with Crippen molar-refractivity contribution in [1.29, 1.82) is 0 Å². The zero-order valence-electron chi connectivity index (χ0n) is 13.0. The molecule has 3 rings (SSSR count). The van der Waals surface area contributed by atoms with Crippen LogP contribution in [0.5, 0.6) is 0 Å². The monoisotopic (exact) mass is 340 g/mol. The number of amides is 1. The van der Waals surface area contributed by atoms with Crippen LogP contribution in [-0.2, 0) is 11.2 Å². The Labute approximate surface area is 142 Å². The third kappa shape index (κ3) is 4.57. The van der Waals surface area contributed by atoms with E-state index in [4.69, 9.17) is 0 Å². The van der Waals surface area contributed by atoms with Gasteiger partial charge < -0.3 is 10.6 Å². The van der Waals surface area contributed by atoms with Gasteiger partial charge in [-0.3, -0.25) is 4.79 Å². The number of benzene rings is 2. The van der Waals surface area contributed by atoms with E-state index in [2.05, 4.69) is 20.8 Å². The Morgan fingerprint density at radius 1 is 0.880 bits per heavy atom. The summed E-state index contributed by atoms with van der Waals surface area (Å²) < 4.78 is 26.1. The number of halogens is 2. The molecule has 0 atom stereocenters. The summed E-state index contributed by atoms with van der Waals surface area (Å²) in [7, 11) is 0. The molecule has 3 aromatic rings. The van der Waals surface area contributed by atoms with Crippen molar-refractivity contribution in [2.45, 2.75) is 6.42 Å². The van der Waals surface area contributed by atoms with E-state index in [1.165, 1.54) is 6.07 Å². The maximum absolute atomic E-state index is 13.2. The van der Waals surface area contributed by atoms with Crippen LogP contribution in [0, 0.1) is 11.6 Å². The fraction of sp³-hybridized carbons (Fsp3) is 0.0556. The minimum atomic E-state index is -0.956. The number of anilines is 3. The van der Waals surface area contributed by atoms with Crippen molar-refractivity contribution in [2.24, 2.45) is 0 Å². The van der Waals surface area contributed by atoms with Crippen LogP contribution in [0.4, 0.5) is 26.1 Å². The second kappa shape index (κ2) is 7.48. The number of hydrogen-bond acceptors (Lipinski definition) is 4. The maximum atomic E-state index is 13.2. The lowest BCUT2D eigenvalue weighted by Crippen LogP contribution is -2.15. The molecule has 1 heterocycles. The van der Waals surface area contributed by atoms with Gasteiger partial charge in [0.1, 0.15) is 0 Å². The molecule has 0 aliphatic carbocycles. The van der Waals surface area contributed by atoms with Crippen LogP contribution in [0.2, 0.25) is 0 Å². The average molecular weight is 340 g/mol. The average Bonchev–Trinajstić information content (AvgIpc) is 2.61. The zero-order valence-corrected chi connectivity index (χ0v) is 13.0. The highest BCUT2D eigenvalue weighted by Crippen LogP contribution is 2.17. The molecule has 0 saturated heterocycles. The minimum absolute atomic E-state index is 0.207. The SMILES string of the molecule is O=C(Cc1ccccc1)Nc1ccc(Nc2ccc(F)c(F)c2)nn1. The fourth-order valence-corrected chi connectivity index (χ4v) is 2.16. The van der Waals surface area contributed by atoms with Crippen LogP contribution in [-0.4, -0.2) is 16.1 Å². The Hall–Kier alpha value is -3.35. The minimum Gasteiger partial charge on any atom is -0.339 e. The topological polar surface area (TPSA) is 66.9 Å². The van der Waals surface area contributed by atoms with Crippen LogP contribution < -0.4 is 10.6 Å². The quantitative estimate of drug-likeness (QED) is 0.743. The van der Waals surface area contributed by atoms with Crippen LogP contribution in [0.25, 0.3) is 0 Å². The molecule has 0 bridgehead atoms. The number of carbonyl (C=O) groups excluding carboxylic acids is 1. The fourth-order valence-electron chi connectivity index (χ4n) is 2.16. The van der Waals surface area contributed by atoms with Crippen LogP contribution in [0.15, 0.2) is 60.7 Å². The zero-order chi connectivity index (χ0) is 17.6. The lowest BCUT2D eigenvalue weighted by Gasteiger charge is -2.07. The van der Waals surface area contributed by atoms with Gasteiger partial charge in [0.15, 0.2) is 23.3 Å². The van der Waals surface area contributed by atoms with Gasteiger partial charge in [0.25, 0.3) is 0 Å². The second-order valence-electron chi connectivity index (χ2n) is 5.27. The summed E-state index contributed by atoms with van der Waals surface area (Å²) in [6, 6.07) is 15.9. The molecule has 126 valence electrons. The molecule has 2 aromatic carbocycles. The Balaban J connectivity index is 1.60. The first-order valence-corrected chi connectivity index (χ1v) is 7.50. The first-order chi connectivity index (χ1) is 12.1. The molecule has 0 spiro atoms. The lowest BCUT2D eigenvalue weighted by molar-refractivity contribution is -0.115. The first-order valence-electron chi connectivity index (χ1n) is 7.50. The molecular weight excluding hydrogens is 326 g/mol. The number of nitrogens with one attached hydrogen (secondary N) is 2. The molecular formula is C18H14F2N4O. The molecule has 0 unspecified atom stereocenters. The van der Waals surface area contributed by atoms with Crippen molar-refractivity contribution in [3.63, 3.8) is 0 Å². The highest BCUT2D eigenvalue weighted by molar-refractivity contribution is 5.91. The smallest absolute Gasteiger partial charge is 0.229 e. The van der Waals surface area contributed by atoms with Crippen molar-refractivity contribution in [3.05, 3.63) is 77.9 Å². The number of rotatable bonds is 5. The number of carbonyl (C=O) groups is 1. The normalized spacial score (nSPS) is 10.3. The van der Waals surface area contributed by atoms with Crippen molar-refractivity contribution >= 4 is 23.2 Å². The van der Waals surface area contributed by atoms with Gasteiger partial charge in [0.05, 0.1) is 6.42 Å². The summed E-state index contributed by atoms with van der Waals surface area (Å²) >= 11 is 0. The predicted octanol–water partition coefficient (Wildman–Crippen LogP) is 3.68. The summed E-state index contributed by atoms with van der Waals surface area (Å²) in [6.07, 6.45) is 0.234. The molecule has 25 heavy (non-hydrogen) atoms. The van der Waals surface area contributed by atoms with E-state index in [9.17, 15) is 13.6 Å². The molecule has 0 saturated carbocycles. The van der Waals surface area contributed by atoms with E-state index >= 15 is 0 Å². The molecule has 0 fully saturated rings. The molecule has 1 amide bonds. The third-order valence-corrected chi connectivity index (χ3v) is 3.33. The summed E-state index contributed by atoms with van der Waals surface area (Å²) in [6.45, 7) is 0. The number of aromatic nitrogens is 2. The van der Waals surface area contributed by atoms with Gasteiger partial charge in [-0.15, -0.1) is 10.2 Å². The van der Waals surface area contributed by atoms with Gasteiger partial charge in [0.2, 0.25) is 5.91 Å². The van der Waals surface area contributed by atoms with Crippen molar-refractivity contribution in [2.75, 3.05) is 10.6 Å². The number of hydrogen-bond donors (Lipinski definition) is 2. The Morgan fingerprint density at radius 3 is 2.28 bits per heavy atom. The Bertz CT molecular complexity index is 870. The van der Waals surface area contributed by atoms with Crippen LogP contribution in [0.3, 0.4) is 0 Å². The van der Waals surface area contributed by atoms with E-state index < -0.39 is 11.6 Å². The largest absolute Gasteiger partial charge is 0.339 e. The van der Waals surface area contributed by atoms with Gasteiger partial charge in [-0.2, -0.15) is 0 Å². The Kier molecular flexibility index (Phi) is 4.94. The van der Waals surface area contributed by atoms with Gasteiger partial charge in [0, 0.05) is 11.8 Å². The maximum Gasteiger partial charge on any atom is 0.229 e. The van der Waals surface area contributed by atoms with Gasteiger partial charge in [-0.1, -0.05) is 30.3 Å². The highest BCUT2D eigenvalue weighted by Gasteiger charge is 2.07. The van der Waals surface area contributed by atoms with Gasteiger partial charge in [-0.05, 0) is 29.8 Å². The standard InChI is InChI=1S/C18H14F2N4O/c19-14-7-6-13(11-15(14)20)21-16-8-9-17(24-23-16)22-18(25)10-12-4-2-1-3-5-12/h1-9,11H,10H2,(H,21,23)(H,22,24,25). The summed E-state index contributed by atoms with van der Waals surface area (Å²) in [5.74, 6) is -1.44. The van der Waals surface area contributed by atoms with E-state index in [-0.39, 0.29) is 12.3 Å². The van der Waals surface area contributed by atoms with Crippen molar-refractivity contribution in [1.82, 2.24) is 10.2 Å². The summed E-state index contributed by atoms with van der Waals surface area (Å²) in [4.78, 5) is 12.0. The molecule has 5 nitrogen and oxygen atoms in total. The second-order valence-corrected chi connectivity index (χ2v) is 5.27. The van der Waals surface area contributed by atoms with E-state index in [1.807, 2.05) is 30.3 Å². The molecule has 1 aromatic heterocycles. The molecule has 0 aliphatic heterocycles. The van der Waals surface area contributed by atoms with Crippen LogP contribution >= 0.6 is 0 Å². The van der Waals surface area contributed by atoms with E-state index in [0.29, 0.717) is 17.3 Å². The molecule has 0 aliphatic rings. The molecule has 7 heteroatoms. The van der Waals surface area contributed by atoms with Gasteiger partial charge in [-0.25, -0.2) is 8.78 Å².